The Kier molecular flexibility index (Phi) is 5.08. The Morgan fingerprint density at radius 1 is 1.38 bits per heavy atom. The second kappa shape index (κ2) is 6.35. The van der Waals surface area contributed by atoms with E-state index in [-0.39, 0.29) is 18.4 Å². The summed E-state index contributed by atoms with van der Waals surface area (Å²) in [6.07, 6.45) is 3.76. The third-order valence-corrected chi connectivity index (χ3v) is 2.91. The number of hydrogen-bond acceptors (Lipinski definition) is 2. The van der Waals surface area contributed by atoms with Gasteiger partial charge in [-0.1, -0.05) is 13.3 Å². The SMILES string of the molecule is CC(CNC(=O)NCC1CCC1)CC(=O)O. The molecule has 2 amide bonds. The molecule has 5 nitrogen and oxygen atoms in total. The van der Waals surface area contributed by atoms with E-state index in [1.54, 1.807) is 6.92 Å². The van der Waals surface area contributed by atoms with Crippen molar-refractivity contribution in [3.63, 3.8) is 0 Å². The van der Waals surface area contributed by atoms with E-state index in [1.807, 2.05) is 0 Å². The summed E-state index contributed by atoms with van der Waals surface area (Å²) in [5.41, 5.74) is 0. The molecular formula is C11H20N2O3. The van der Waals surface area contributed by atoms with Crippen LogP contribution in [-0.4, -0.2) is 30.2 Å². The average molecular weight is 228 g/mol. The van der Waals surface area contributed by atoms with Crippen molar-refractivity contribution in [3.05, 3.63) is 0 Å². The van der Waals surface area contributed by atoms with Crippen molar-refractivity contribution in [2.24, 2.45) is 11.8 Å². The van der Waals surface area contributed by atoms with Gasteiger partial charge in [-0.05, 0) is 24.7 Å². The normalized spacial score (nSPS) is 17.3. The number of nitrogens with one attached hydrogen (secondary N) is 2. The number of aliphatic carboxylic acids is 1. The Morgan fingerprint density at radius 3 is 2.56 bits per heavy atom. The minimum Gasteiger partial charge on any atom is -0.481 e. The summed E-state index contributed by atoms with van der Waals surface area (Å²) in [6.45, 7) is 2.95. The lowest BCUT2D eigenvalue weighted by Gasteiger charge is -2.25. The van der Waals surface area contributed by atoms with E-state index in [9.17, 15) is 9.59 Å². The molecular weight excluding hydrogens is 208 g/mol. The number of hydrogen-bond donors (Lipinski definition) is 3. The third-order valence-electron chi connectivity index (χ3n) is 2.91. The van der Waals surface area contributed by atoms with E-state index in [0.717, 1.165) is 6.54 Å². The summed E-state index contributed by atoms with van der Waals surface area (Å²) >= 11 is 0. The molecule has 1 unspecified atom stereocenters. The minimum atomic E-state index is -0.829. The average Bonchev–Trinajstić information content (AvgIpc) is 2.11. The molecule has 1 atom stereocenters. The van der Waals surface area contributed by atoms with Gasteiger partial charge in [-0.15, -0.1) is 0 Å². The Balaban J connectivity index is 2.02. The van der Waals surface area contributed by atoms with Gasteiger partial charge in [-0.25, -0.2) is 4.79 Å². The van der Waals surface area contributed by atoms with Gasteiger partial charge in [-0.3, -0.25) is 4.79 Å². The van der Waals surface area contributed by atoms with Gasteiger partial charge in [0.1, 0.15) is 0 Å². The summed E-state index contributed by atoms with van der Waals surface area (Å²) in [4.78, 5) is 21.7. The van der Waals surface area contributed by atoms with Crippen molar-refractivity contribution in [2.75, 3.05) is 13.1 Å². The summed E-state index contributed by atoms with van der Waals surface area (Å²) in [6, 6.07) is -0.191. The number of carbonyl (C=O) groups is 2. The van der Waals surface area contributed by atoms with Crippen LogP contribution in [0.3, 0.4) is 0 Å². The number of carboxylic acid groups (broad SMARTS) is 1. The van der Waals surface area contributed by atoms with Gasteiger partial charge in [0.25, 0.3) is 0 Å². The summed E-state index contributed by atoms with van der Waals surface area (Å²) in [5, 5.41) is 14.0. The van der Waals surface area contributed by atoms with Crippen molar-refractivity contribution in [1.29, 1.82) is 0 Å². The van der Waals surface area contributed by atoms with Gasteiger partial charge in [0.05, 0.1) is 0 Å². The molecule has 1 aliphatic carbocycles. The molecule has 1 fully saturated rings. The first-order valence-corrected chi connectivity index (χ1v) is 5.81. The predicted octanol–water partition coefficient (Wildman–Crippen LogP) is 1.20. The van der Waals surface area contributed by atoms with Gasteiger partial charge >= 0.3 is 12.0 Å². The van der Waals surface area contributed by atoms with Crippen molar-refractivity contribution < 1.29 is 14.7 Å². The first-order valence-electron chi connectivity index (χ1n) is 5.81. The van der Waals surface area contributed by atoms with Gasteiger partial charge in [-0.2, -0.15) is 0 Å². The van der Waals surface area contributed by atoms with Gasteiger partial charge in [0, 0.05) is 19.5 Å². The Labute approximate surface area is 95.6 Å². The highest BCUT2D eigenvalue weighted by Gasteiger charge is 2.17. The topological polar surface area (TPSA) is 78.4 Å². The van der Waals surface area contributed by atoms with Crippen molar-refractivity contribution in [1.82, 2.24) is 10.6 Å². The first-order chi connectivity index (χ1) is 7.58. The quantitative estimate of drug-likeness (QED) is 0.639. The van der Waals surface area contributed by atoms with Crippen LogP contribution in [0.1, 0.15) is 32.6 Å². The highest BCUT2D eigenvalue weighted by atomic mass is 16.4. The predicted molar refractivity (Wildman–Crippen MR) is 60.2 cm³/mol. The summed E-state index contributed by atoms with van der Waals surface area (Å²) < 4.78 is 0. The second-order valence-electron chi connectivity index (χ2n) is 4.59. The van der Waals surface area contributed by atoms with E-state index in [2.05, 4.69) is 10.6 Å². The van der Waals surface area contributed by atoms with E-state index in [1.165, 1.54) is 19.3 Å². The molecule has 5 heteroatoms. The molecule has 0 radical (unpaired) electrons. The van der Waals surface area contributed by atoms with Crippen LogP contribution in [0.25, 0.3) is 0 Å². The maximum absolute atomic E-state index is 11.3. The fourth-order valence-corrected chi connectivity index (χ4v) is 1.63. The number of urea groups is 1. The molecule has 0 aliphatic heterocycles. The van der Waals surface area contributed by atoms with Crippen LogP contribution in [0, 0.1) is 11.8 Å². The van der Waals surface area contributed by atoms with Crippen LogP contribution < -0.4 is 10.6 Å². The summed E-state index contributed by atoms with van der Waals surface area (Å²) in [7, 11) is 0. The molecule has 1 saturated carbocycles. The van der Waals surface area contributed by atoms with Gasteiger partial charge in [0.15, 0.2) is 0 Å². The van der Waals surface area contributed by atoms with Gasteiger partial charge < -0.3 is 15.7 Å². The molecule has 92 valence electrons. The highest BCUT2D eigenvalue weighted by molar-refractivity contribution is 5.74. The molecule has 1 rings (SSSR count). The van der Waals surface area contributed by atoms with Crippen LogP contribution >= 0.6 is 0 Å². The van der Waals surface area contributed by atoms with Crippen LogP contribution in [0.15, 0.2) is 0 Å². The molecule has 0 spiro atoms. The second-order valence-corrected chi connectivity index (χ2v) is 4.59. The Bertz CT molecular complexity index is 252. The molecule has 1 aliphatic rings. The molecule has 0 aromatic rings. The number of rotatable bonds is 6. The maximum Gasteiger partial charge on any atom is 0.314 e. The van der Waals surface area contributed by atoms with Crippen LogP contribution in [0.5, 0.6) is 0 Å². The van der Waals surface area contributed by atoms with E-state index in [4.69, 9.17) is 5.11 Å². The number of carbonyl (C=O) groups excluding carboxylic acids is 1. The monoisotopic (exact) mass is 228 g/mol. The zero-order valence-corrected chi connectivity index (χ0v) is 9.66. The summed E-state index contributed by atoms with van der Waals surface area (Å²) in [5.74, 6) is -0.224. The van der Waals surface area contributed by atoms with Crippen LogP contribution in [0.4, 0.5) is 4.79 Å². The molecule has 0 bridgehead atoms. The molecule has 0 saturated heterocycles. The lowest BCUT2D eigenvalue weighted by molar-refractivity contribution is -0.137. The molecule has 16 heavy (non-hydrogen) atoms. The minimum absolute atomic E-state index is 0.0352. The van der Waals surface area contributed by atoms with Crippen molar-refractivity contribution in [2.45, 2.75) is 32.6 Å². The molecule has 0 aromatic heterocycles. The maximum atomic E-state index is 11.3. The van der Waals surface area contributed by atoms with E-state index >= 15 is 0 Å². The fraction of sp³-hybridized carbons (Fsp3) is 0.818. The van der Waals surface area contributed by atoms with Crippen LogP contribution in [0.2, 0.25) is 0 Å². The Morgan fingerprint density at radius 2 is 2.06 bits per heavy atom. The largest absolute Gasteiger partial charge is 0.481 e. The van der Waals surface area contributed by atoms with Crippen molar-refractivity contribution in [3.8, 4) is 0 Å². The first kappa shape index (κ1) is 12.8. The molecule has 3 N–H and O–H groups in total. The molecule has 0 heterocycles. The smallest absolute Gasteiger partial charge is 0.314 e. The molecule has 0 aromatic carbocycles. The number of amides is 2. The van der Waals surface area contributed by atoms with Crippen molar-refractivity contribution >= 4 is 12.0 Å². The third kappa shape index (κ3) is 5.00. The lowest BCUT2D eigenvalue weighted by atomic mass is 9.85. The lowest BCUT2D eigenvalue weighted by Crippen LogP contribution is -2.41. The highest BCUT2D eigenvalue weighted by Crippen LogP contribution is 2.24. The zero-order chi connectivity index (χ0) is 12.0. The van der Waals surface area contributed by atoms with Gasteiger partial charge in [0.2, 0.25) is 0 Å². The fourth-order valence-electron chi connectivity index (χ4n) is 1.63. The van der Waals surface area contributed by atoms with E-state index < -0.39 is 5.97 Å². The Hall–Kier alpha value is -1.26. The van der Waals surface area contributed by atoms with E-state index in [0.29, 0.717) is 12.5 Å². The van der Waals surface area contributed by atoms with Crippen LogP contribution in [-0.2, 0) is 4.79 Å². The zero-order valence-electron chi connectivity index (χ0n) is 9.66. The standard InChI is InChI=1S/C11H20N2O3/c1-8(5-10(14)15)6-12-11(16)13-7-9-3-2-4-9/h8-9H,2-7H2,1H3,(H,14,15)(H2,12,13,16). The number of carboxylic acids is 1.